The number of rotatable bonds is 5. The Hall–Kier alpha value is -0.250. The second kappa shape index (κ2) is 7.37. The van der Waals surface area contributed by atoms with E-state index in [1.807, 2.05) is 19.9 Å². The Kier molecular flexibility index (Phi) is 6.47. The molecule has 0 bridgehead atoms. The highest BCUT2D eigenvalue weighted by molar-refractivity contribution is 9.10. The first-order valence-corrected chi connectivity index (χ1v) is 7.44. The van der Waals surface area contributed by atoms with E-state index in [0.717, 1.165) is 5.56 Å². The number of nitrogens with one attached hydrogen (secondary N) is 1. The van der Waals surface area contributed by atoms with Gasteiger partial charge in [-0.05, 0) is 30.0 Å². The van der Waals surface area contributed by atoms with Crippen LogP contribution in [0.15, 0.2) is 18.2 Å². The average Bonchev–Trinajstić information content (AvgIpc) is 2.30. The van der Waals surface area contributed by atoms with E-state index in [9.17, 15) is 4.79 Å². The number of alkyl halides is 1. The lowest BCUT2D eigenvalue weighted by Gasteiger charge is -2.14. The predicted octanol–water partition coefficient (Wildman–Crippen LogP) is 4.07. The molecule has 0 spiro atoms. The van der Waals surface area contributed by atoms with E-state index in [0.29, 0.717) is 23.0 Å². The summed E-state index contributed by atoms with van der Waals surface area (Å²) in [4.78, 5) is 11.5. The van der Waals surface area contributed by atoms with Crippen LogP contribution in [0.5, 0.6) is 0 Å². The van der Waals surface area contributed by atoms with Crippen LogP contribution < -0.4 is 5.32 Å². The van der Waals surface area contributed by atoms with Gasteiger partial charge in [0.2, 0.25) is 5.91 Å². The molecule has 1 aromatic rings. The number of hydrogen-bond acceptors (Lipinski definition) is 1. The SMILES string of the molecule is CC(C)C(Br)C(=O)NCCc1ccc(Cl)cc1Cl. The summed E-state index contributed by atoms with van der Waals surface area (Å²) in [5.41, 5.74) is 0.983. The summed E-state index contributed by atoms with van der Waals surface area (Å²) >= 11 is 15.2. The van der Waals surface area contributed by atoms with Gasteiger partial charge in [0.25, 0.3) is 0 Å². The molecular weight excluding hydrogens is 337 g/mol. The van der Waals surface area contributed by atoms with Crippen molar-refractivity contribution in [2.75, 3.05) is 6.54 Å². The molecule has 1 atom stereocenters. The highest BCUT2D eigenvalue weighted by atomic mass is 79.9. The molecule has 0 aliphatic rings. The highest BCUT2D eigenvalue weighted by Gasteiger charge is 2.17. The third-order valence-electron chi connectivity index (χ3n) is 2.54. The Morgan fingerprint density at radius 2 is 2.06 bits per heavy atom. The van der Waals surface area contributed by atoms with E-state index >= 15 is 0 Å². The minimum absolute atomic E-state index is 0.00934. The van der Waals surface area contributed by atoms with Crippen molar-refractivity contribution in [3.8, 4) is 0 Å². The van der Waals surface area contributed by atoms with E-state index in [1.54, 1.807) is 12.1 Å². The maximum Gasteiger partial charge on any atom is 0.234 e. The number of carbonyl (C=O) groups excluding carboxylic acids is 1. The molecule has 0 radical (unpaired) electrons. The molecule has 1 N–H and O–H groups in total. The summed E-state index contributed by atoms with van der Waals surface area (Å²) in [6.45, 7) is 4.55. The van der Waals surface area contributed by atoms with Crippen molar-refractivity contribution >= 4 is 45.0 Å². The zero-order valence-corrected chi connectivity index (χ0v) is 13.4. The van der Waals surface area contributed by atoms with Crippen LogP contribution in [0.25, 0.3) is 0 Å². The van der Waals surface area contributed by atoms with Gasteiger partial charge in [-0.2, -0.15) is 0 Å². The van der Waals surface area contributed by atoms with Gasteiger partial charge in [-0.15, -0.1) is 0 Å². The fourth-order valence-corrected chi connectivity index (χ4v) is 2.11. The first kappa shape index (κ1) is 15.8. The summed E-state index contributed by atoms with van der Waals surface area (Å²) in [5.74, 6) is 0.277. The molecule has 0 aliphatic heterocycles. The molecule has 0 fully saturated rings. The van der Waals surface area contributed by atoms with Gasteiger partial charge in [0.1, 0.15) is 0 Å². The summed E-state index contributed by atoms with van der Waals surface area (Å²) in [6, 6.07) is 5.39. The lowest BCUT2D eigenvalue weighted by molar-refractivity contribution is -0.121. The number of amides is 1. The number of benzene rings is 1. The summed E-state index contributed by atoms with van der Waals surface area (Å²) in [7, 11) is 0. The second-order valence-corrected chi connectivity index (χ2v) is 6.25. The average molecular weight is 353 g/mol. The van der Waals surface area contributed by atoms with Crippen LogP contribution in [0, 0.1) is 5.92 Å². The van der Waals surface area contributed by atoms with Crippen molar-refractivity contribution in [1.29, 1.82) is 0 Å². The molecule has 100 valence electrons. The van der Waals surface area contributed by atoms with E-state index in [1.165, 1.54) is 0 Å². The minimum atomic E-state index is -0.154. The molecule has 0 saturated heterocycles. The Bertz CT molecular complexity index is 423. The largest absolute Gasteiger partial charge is 0.355 e. The first-order chi connectivity index (χ1) is 8.41. The van der Waals surface area contributed by atoms with Gasteiger partial charge in [-0.3, -0.25) is 4.79 Å². The quantitative estimate of drug-likeness (QED) is 0.795. The minimum Gasteiger partial charge on any atom is -0.355 e. The molecular formula is C13H16BrCl2NO. The van der Waals surface area contributed by atoms with Gasteiger partial charge in [-0.25, -0.2) is 0 Å². The number of halogens is 3. The van der Waals surface area contributed by atoms with Crippen molar-refractivity contribution in [2.24, 2.45) is 5.92 Å². The first-order valence-electron chi connectivity index (χ1n) is 5.77. The van der Waals surface area contributed by atoms with Gasteiger partial charge in [0.15, 0.2) is 0 Å². The van der Waals surface area contributed by atoms with Crippen molar-refractivity contribution in [1.82, 2.24) is 5.32 Å². The Labute approximate surface area is 126 Å². The zero-order chi connectivity index (χ0) is 13.7. The number of carbonyl (C=O) groups is 1. The lowest BCUT2D eigenvalue weighted by Crippen LogP contribution is -2.35. The molecule has 0 saturated carbocycles. The van der Waals surface area contributed by atoms with Gasteiger partial charge < -0.3 is 5.32 Å². The van der Waals surface area contributed by atoms with Crippen molar-refractivity contribution in [3.63, 3.8) is 0 Å². The predicted molar refractivity (Wildman–Crippen MR) is 80.7 cm³/mol. The Morgan fingerprint density at radius 3 is 2.61 bits per heavy atom. The maximum absolute atomic E-state index is 11.7. The summed E-state index contributed by atoms with van der Waals surface area (Å²) in [6.07, 6.45) is 0.694. The summed E-state index contributed by atoms with van der Waals surface area (Å²) in [5, 5.41) is 4.13. The van der Waals surface area contributed by atoms with Crippen LogP contribution >= 0.6 is 39.1 Å². The molecule has 0 aromatic heterocycles. The van der Waals surface area contributed by atoms with E-state index < -0.39 is 0 Å². The van der Waals surface area contributed by atoms with Crippen LogP contribution in [0.1, 0.15) is 19.4 Å². The van der Waals surface area contributed by atoms with E-state index in [2.05, 4.69) is 21.2 Å². The van der Waals surface area contributed by atoms with Crippen LogP contribution in [0.3, 0.4) is 0 Å². The molecule has 1 unspecified atom stereocenters. The fraction of sp³-hybridized carbons (Fsp3) is 0.462. The summed E-state index contributed by atoms with van der Waals surface area (Å²) < 4.78 is 0. The molecule has 1 amide bonds. The van der Waals surface area contributed by atoms with Crippen LogP contribution in [-0.2, 0) is 11.2 Å². The van der Waals surface area contributed by atoms with Crippen molar-refractivity contribution in [3.05, 3.63) is 33.8 Å². The molecule has 18 heavy (non-hydrogen) atoms. The van der Waals surface area contributed by atoms with Crippen LogP contribution in [-0.4, -0.2) is 17.3 Å². The number of hydrogen-bond donors (Lipinski definition) is 1. The van der Waals surface area contributed by atoms with Gasteiger partial charge in [-0.1, -0.05) is 59.0 Å². The monoisotopic (exact) mass is 351 g/mol. The molecule has 0 aliphatic carbocycles. The molecule has 5 heteroatoms. The molecule has 1 aromatic carbocycles. The molecule has 2 nitrogen and oxygen atoms in total. The van der Waals surface area contributed by atoms with Crippen molar-refractivity contribution < 1.29 is 4.79 Å². The van der Waals surface area contributed by atoms with Crippen molar-refractivity contribution in [2.45, 2.75) is 25.1 Å². The van der Waals surface area contributed by atoms with E-state index in [-0.39, 0.29) is 16.7 Å². The maximum atomic E-state index is 11.7. The van der Waals surface area contributed by atoms with Gasteiger partial charge in [0.05, 0.1) is 4.83 Å². The van der Waals surface area contributed by atoms with Crippen LogP contribution in [0.2, 0.25) is 10.0 Å². The van der Waals surface area contributed by atoms with Crippen LogP contribution in [0.4, 0.5) is 0 Å². The van der Waals surface area contributed by atoms with E-state index in [4.69, 9.17) is 23.2 Å². The molecule has 0 heterocycles. The lowest BCUT2D eigenvalue weighted by atomic mass is 10.1. The van der Waals surface area contributed by atoms with Gasteiger partial charge in [0, 0.05) is 16.6 Å². The third kappa shape index (κ3) is 4.79. The van der Waals surface area contributed by atoms with Gasteiger partial charge >= 0.3 is 0 Å². The molecule has 1 rings (SSSR count). The normalized spacial score (nSPS) is 12.6. The topological polar surface area (TPSA) is 29.1 Å². The Balaban J connectivity index is 2.44. The smallest absolute Gasteiger partial charge is 0.234 e. The standard InChI is InChI=1S/C13H16BrCl2NO/c1-8(2)12(14)13(18)17-6-5-9-3-4-10(15)7-11(9)16/h3-4,7-8,12H,5-6H2,1-2H3,(H,17,18). The highest BCUT2D eigenvalue weighted by Crippen LogP contribution is 2.21. The Morgan fingerprint density at radius 1 is 1.39 bits per heavy atom. The second-order valence-electron chi connectivity index (χ2n) is 4.42. The third-order valence-corrected chi connectivity index (χ3v) is 4.60. The zero-order valence-electron chi connectivity index (χ0n) is 10.3. The fourth-order valence-electron chi connectivity index (χ4n) is 1.45.